The first-order valence-electron chi connectivity index (χ1n) is 3.22. The van der Waals surface area contributed by atoms with E-state index in [1.165, 1.54) is 18.2 Å². The number of nitrogens with zero attached hydrogens (tertiary/aromatic N) is 1. The van der Waals surface area contributed by atoms with Crippen molar-refractivity contribution in [3.63, 3.8) is 0 Å². The van der Waals surface area contributed by atoms with Crippen LogP contribution in [0.2, 0.25) is 0 Å². The monoisotopic (exact) mass is 197 g/mol. The number of hydrogen-bond donors (Lipinski definition) is 2. The molecule has 0 saturated heterocycles. The molecule has 13 heavy (non-hydrogen) atoms. The Hall–Kier alpha value is -1.58. The number of nitrogens with one attached hydrogen (secondary N) is 1. The van der Waals surface area contributed by atoms with Gasteiger partial charge in [-0.1, -0.05) is 0 Å². The van der Waals surface area contributed by atoms with E-state index in [-0.39, 0.29) is 17.0 Å². The van der Waals surface area contributed by atoms with E-state index < -0.39 is 11.3 Å². The van der Waals surface area contributed by atoms with Gasteiger partial charge in [-0.05, 0) is 18.2 Å². The molecule has 6 heteroatoms. The standard InChI is InChI=1S/C7H6N2O3S/c8-4-5-1-2-6(7(10)3-5)9-13(11)12/h1-3,9-10H,(H,11,12)/p-1. The molecule has 0 heterocycles. The lowest BCUT2D eigenvalue weighted by atomic mass is 10.2. The van der Waals surface area contributed by atoms with Gasteiger partial charge in [-0.25, -0.2) is 0 Å². The molecule has 0 radical (unpaired) electrons. The molecule has 1 unspecified atom stereocenters. The lowest BCUT2D eigenvalue weighted by Gasteiger charge is -2.09. The summed E-state index contributed by atoms with van der Waals surface area (Å²) >= 11 is -2.48. The smallest absolute Gasteiger partial charge is 0.140 e. The molecular weight excluding hydrogens is 192 g/mol. The molecular formula is C7H5N2O3S-. The molecule has 0 aliphatic carbocycles. The van der Waals surface area contributed by atoms with Crippen molar-refractivity contribution in [1.82, 2.24) is 0 Å². The third-order valence-corrected chi connectivity index (χ3v) is 1.71. The summed E-state index contributed by atoms with van der Waals surface area (Å²) in [5.41, 5.74) is 0.312. The van der Waals surface area contributed by atoms with Crippen LogP contribution in [0, 0.1) is 11.3 Å². The third-order valence-electron chi connectivity index (χ3n) is 1.32. The number of rotatable bonds is 2. The fourth-order valence-electron chi connectivity index (χ4n) is 0.777. The zero-order chi connectivity index (χ0) is 9.84. The fraction of sp³-hybridized carbons (Fsp3) is 0. The zero-order valence-electron chi connectivity index (χ0n) is 6.35. The topological polar surface area (TPSA) is 96.2 Å². The predicted molar refractivity (Wildman–Crippen MR) is 45.4 cm³/mol. The molecule has 0 bridgehead atoms. The van der Waals surface area contributed by atoms with Gasteiger partial charge in [-0.3, -0.25) is 4.21 Å². The maximum atomic E-state index is 10.2. The quantitative estimate of drug-likeness (QED) is 0.532. The van der Waals surface area contributed by atoms with E-state index in [4.69, 9.17) is 5.26 Å². The largest absolute Gasteiger partial charge is 0.755 e. The molecule has 1 aromatic carbocycles. The number of anilines is 1. The summed E-state index contributed by atoms with van der Waals surface area (Å²) in [5, 5.41) is 17.6. The molecule has 0 saturated carbocycles. The summed E-state index contributed by atoms with van der Waals surface area (Å²) in [6.07, 6.45) is 0. The van der Waals surface area contributed by atoms with E-state index in [0.717, 1.165) is 0 Å². The van der Waals surface area contributed by atoms with Crippen LogP contribution < -0.4 is 4.72 Å². The first-order valence-corrected chi connectivity index (χ1v) is 4.30. The van der Waals surface area contributed by atoms with Gasteiger partial charge in [0.15, 0.2) is 0 Å². The highest BCUT2D eigenvalue weighted by molar-refractivity contribution is 7.80. The van der Waals surface area contributed by atoms with Crippen LogP contribution in [-0.4, -0.2) is 13.9 Å². The van der Waals surface area contributed by atoms with Crippen LogP contribution in [-0.2, 0) is 11.3 Å². The maximum absolute atomic E-state index is 10.2. The van der Waals surface area contributed by atoms with Crippen molar-refractivity contribution in [2.24, 2.45) is 0 Å². The number of aromatic hydroxyl groups is 1. The van der Waals surface area contributed by atoms with Crippen molar-refractivity contribution in [3.05, 3.63) is 23.8 Å². The molecule has 1 rings (SSSR count). The van der Waals surface area contributed by atoms with Gasteiger partial charge in [0.05, 0.1) is 17.3 Å². The minimum absolute atomic E-state index is 0.0485. The lowest BCUT2D eigenvalue weighted by molar-refractivity contribution is 0.477. The van der Waals surface area contributed by atoms with Crippen LogP contribution in [0.4, 0.5) is 5.69 Å². The van der Waals surface area contributed by atoms with Crippen molar-refractivity contribution in [2.75, 3.05) is 4.72 Å². The van der Waals surface area contributed by atoms with Crippen LogP contribution in [0.3, 0.4) is 0 Å². The van der Waals surface area contributed by atoms with Gasteiger partial charge in [-0.15, -0.1) is 0 Å². The molecule has 1 aromatic rings. The van der Waals surface area contributed by atoms with Gasteiger partial charge in [0.1, 0.15) is 5.75 Å². The molecule has 0 aromatic heterocycles. The minimum Gasteiger partial charge on any atom is -0.755 e. The van der Waals surface area contributed by atoms with Crippen LogP contribution in [0.15, 0.2) is 18.2 Å². The first kappa shape index (κ1) is 9.51. The number of nitriles is 1. The van der Waals surface area contributed by atoms with E-state index in [9.17, 15) is 13.9 Å². The fourth-order valence-corrected chi connectivity index (χ4v) is 1.13. The van der Waals surface area contributed by atoms with E-state index >= 15 is 0 Å². The molecule has 0 aliphatic rings. The summed E-state index contributed by atoms with van der Waals surface area (Å²) in [4.78, 5) is 0. The molecule has 0 spiro atoms. The van der Waals surface area contributed by atoms with Crippen molar-refractivity contribution >= 4 is 17.0 Å². The predicted octanol–water partition coefficient (Wildman–Crippen LogP) is 0.470. The van der Waals surface area contributed by atoms with Crippen molar-refractivity contribution < 1.29 is 13.9 Å². The van der Waals surface area contributed by atoms with Crippen molar-refractivity contribution in [3.8, 4) is 11.8 Å². The Morgan fingerprint density at radius 3 is 2.77 bits per heavy atom. The van der Waals surface area contributed by atoms with Crippen LogP contribution in [0.25, 0.3) is 0 Å². The Morgan fingerprint density at radius 1 is 1.62 bits per heavy atom. The van der Waals surface area contributed by atoms with E-state index in [0.29, 0.717) is 0 Å². The highest BCUT2D eigenvalue weighted by atomic mass is 32.2. The van der Waals surface area contributed by atoms with E-state index in [1.54, 1.807) is 6.07 Å². The molecule has 2 N–H and O–H groups in total. The normalized spacial score (nSPS) is 11.7. The Bertz CT molecular complexity index is 386. The number of benzene rings is 1. The number of phenols is 1. The molecule has 0 amide bonds. The summed E-state index contributed by atoms with van der Waals surface area (Å²) in [6.45, 7) is 0. The Kier molecular flexibility index (Phi) is 2.84. The van der Waals surface area contributed by atoms with Crippen molar-refractivity contribution in [2.45, 2.75) is 0 Å². The highest BCUT2D eigenvalue weighted by Crippen LogP contribution is 2.23. The molecule has 68 valence electrons. The SMILES string of the molecule is N#Cc1ccc(NS(=O)[O-])c(O)c1. The molecule has 1 atom stereocenters. The Labute approximate surface area is 77.0 Å². The summed E-state index contributed by atoms with van der Waals surface area (Å²) in [6, 6.07) is 5.69. The summed E-state index contributed by atoms with van der Waals surface area (Å²) in [7, 11) is 0. The lowest BCUT2D eigenvalue weighted by Crippen LogP contribution is -2.02. The second-order valence-corrected chi connectivity index (χ2v) is 2.85. The van der Waals surface area contributed by atoms with Gasteiger partial charge in [0.2, 0.25) is 0 Å². The second-order valence-electron chi connectivity index (χ2n) is 2.18. The van der Waals surface area contributed by atoms with Gasteiger partial charge in [-0.2, -0.15) is 5.26 Å². The van der Waals surface area contributed by atoms with Gasteiger partial charge >= 0.3 is 0 Å². The minimum atomic E-state index is -2.48. The molecule has 0 fully saturated rings. The summed E-state index contributed by atoms with van der Waals surface area (Å²) in [5.74, 6) is -0.275. The van der Waals surface area contributed by atoms with Crippen LogP contribution in [0.5, 0.6) is 5.75 Å². The number of phenolic OH excluding ortho intramolecular Hbond substituents is 1. The average molecular weight is 197 g/mol. The maximum Gasteiger partial charge on any atom is 0.140 e. The molecule has 0 aliphatic heterocycles. The summed E-state index contributed by atoms with van der Waals surface area (Å²) < 4.78 is 22.4. The number of hydrogen-bond acceptors (Lipinski definition) is 4. The van der Waals surface area contributed by atoms with Gasteiger partial charge in [0, 0.05) is 11.3 Å². The zero-order valence-corrected chi connectivity index (χ0v) is 7.17. The third kappa shape index (κ3) is 2.43. The highest BCUT2D eigenvalue weighted by Gasteiger charge is 2.00. The van der Waals surface area contributed by atoms with Crippen molar-refractivity contribution in [1.29, 1.82) is 5.26 Å². The van der Waals surface area contributed by atoms with E-state index in [2.05, 4.69) is 0 Å². The second kappa shape index (κ2) is 3.89. The van der Waals surface area contributed by atoms with Gasteiger partial charge in [0.25, 0.3) is 0 Å². The van der Waals surface area contributed by atoms with Gasteiger partial charge < -0.3 is 14.4 Å². The molecule has 5 nitrogen and oxygen atoms in total. The average Bonchev–Trinajstić information content (AvgIpc) is 2.08. The Balaban J connectivity index is 3.00. The van der Waals surface area contributed by atoms with Crippen LogP contribution in [0.1, 0.15) is 5.56 Å². The van der Waals surface area contributed by atoms with Crippen LogP contribution >= 0.6 is 0 Å². The first-order chi connectivity index (χ1) is 6.13. The Morgan fingerprint density at radius 2 is 2.31 bits per heavy atom. The van der Waals surface area contributed by atoms with E-state index in [1.807, 2.05) is 4.72 Å².